The Hall–Kier alpha value is -4.78. The molecule has 2 aliphatic rings. The molecule has 2 amide bonds. The average Bonchev–Trinajstić information content (AvgIpc) is 3.71. The number of carbonyl (C=O) groups is 1. The van der Waals surface area contributed by atoms with Crippen molar-refractivity contribution in [3.63, 3.8) is 0 Å². The number of urea groups is 1. The third kappa shape index (κ3) is 8.58. The quantitative estimate of drug-likeness (QED) is 0.124. The number of hydrogen-bond donors (Lipinski definition) is 3. The van der Waals surface area contributed by atoms with Gasteiger partial charge in [-0.25, -0.2) is 9.79 Å². The summed E-state index contributed by atoms with van der Waals surface area (Å²) >= 11 is 0. The van der Waals surface area contributed by atoms with Gasteiger partial charge in [0.1, 0.15) is 17.7 Å². The van der Waals surface area contributed by atoms with E-state index in [2.05, 4.69) is 66.7 Å². The first-order valence-corrected chi connectivity index (χ1v) is 18.2. The van der Waals surface area contributed by atoms with Gasteiger partial charge in [-0.2, -0.15) is 5.10 Å². The lowest BCUT2D eigenvalue weighted by Gasteiger charge is -2.39. The second kappa shape index (κ2) is 15.2. The molecule has 3 N–H and O–H groups in total. The van der Waals surface area contributed by atoms with Crippen LogP contribution in [-0.4, -0.2) is 79.6 Å². The minimum atomic E-state index is -0.369. The molecule has 0 radical (unpaired) electrons. The van der Waals surface area contributed by atoms with E-state index in [0.29, 0.717) is 35.9 Å². The topological polar surface area (TPSA) is 141 Å². The molecule has 1 aromatic carbocycles. The third-order valence-corrected chi connectivity index (χ3v) is 9.96. The normalized spacial score (nSPS) is 21.1. The smallest absolute Gasteiger partial charge is 0.320 e. The van der Waals surface area contributed by atoms with Gasteiger partial charge in [0.25, 0.3) is 0 Å². The number of ether oxygens (including phenoxy) is 1. The van der Waals surface area contributed by atoms with E-state index in [9.17, 15) is 4.79 Å². The summed E-state index contributed by atoms with van der Waals surface area (Å²) in [6, 6.07) is 14.1. The number of rotatable bonds is 10. The van der Waals surface area contributed by atoms with Gasteiger partial charge in [0, 0.05) is 43.0 Å². The molecule has 4 atom stereocenters. The molecule has 0 saturated carbocycles. The van der Waals surface area contributed by atoms with Crippen LogP contribution < -0.4 is 20.3 Å². The highest BCUT2D eigenvalue weighted by molar-refractivity contribution is 6.09. The highest BCUT2D eigenvalue weighted by Crippen LogP contribution is 2.39. The van der Waals surface area contributed by atoms with E-state index in [1.807, 2.05) is 86.7 Å². The minimum absolute atomic E-state index is 0.181. The summed E-state index contributed by atoms with van der Waals surface area (Å²) in [5.74, 6) is 2.47. The molecule has 1 saturated heterocycles. The van der Waals surface area contributed by atoms with Crippen LogP contribution in [0.2, 0.25) is 0 Å². The molecular weight excluding hydrogens is 642 g/mol. The van der Waals surface area contributed by atoms with Crippen molar-refractivity contribution in [2.24, 2.45) is 10.4 Å². The molecule has 272 valence electrons. The standard InChI is InChI=1S/C38H53N11O2/c1-25-11-10-12-26(2)49(25)37-44-43-35-18-15-27(24-48(35)37)51-31-17-16-30(28-13-8-9-14-29(28)31)40-36(50)42-34(23-32(39)38(3,4)5)41-33-19-20-47(45-33)22-21-46(6)7/h8-9,13-15,18-20,24-26,30-31,39H,10-12,16-17,21-23H2,1-7H3,(H2,40,41,42,45,50). The zero-order chi connectivity index (χ0) is 36.3. The van der Waals surface area contributed by atoms with E-state index < -0.39 is 0 Å². The molecule has 3 aromatic heterocycles. The van der Waals surface area contributed by atoms with Crippen LogP contribution in [0.25, 0.3) is 5.65 Å². The summed E-state index contributed by atoms with van der Waals surface area (Å²) in [7, 11) is 4.04. The molecule has 4 unspecified atom stereocenters. The Morgan fingerprint density at radius 2 is 1.76 bits per heavy atom. The van der Waals surface area contributed by atoms with Crippen molar-refractivity contribution in [3.8, 4) is 5.75 Å². The number of likely N-dealkylation sites (N-methyl/N-ethyl adjacent to an activating group) is 1. The number of carbonyl (C=O) groups excluding carboxylic acids is 1. The Morgan fingerprint density at radius 1 is 1.02 bits per heavy atom. The lowest BCUT2D eigenvalue weighted by atomic mass is 9.85. The van der Waals surface area contributed by atoms with E-state index in [0.717, 1.165) is 60.8 Å². The van der Waals surface area contributed by atoms with Crippen molar-refractivity contribution >= 4 is 35.0 Å². The van der Waals surface area contributed by atoms with Crippen LogP contribution >= 0.6 is 0 Å². The number of nitrogens with one attached hydrogen (secondary N) is 3. The first-order valence-electron chi connectivity index (χ1n) is 18.2. The van der Waals surface area contributed by atoms with E-state index in [1.165, 1.54) is 6.42 Å². The second-order valence-electron chi connectivity index (χ2n) is 15.3. The number of anilines is 1. The molecule has 4 heterocycles. The summed E-state index contributed by atoms with van der Waals surface area (Å²) in [5.41, 5.74) is 2.95. The second-order valence-corrected chi connectivity index (χ2v) is 15.3. The van der Waals surface area contributed by atoms with Crippen LogP contribution in [0, 0.1) is 10.8 Å². The Labute approximate surface area is 301 Å². The number of nitrogens with zero attached hydrogens (tertiary/aromatic N) is 8. The SMILES string of the molecule is CC1CCCC(C)N1c1nnc2ccc(OC3CCC(NC(=O)NC(CC(=N)C(C)(C)C)=Nc4ccn(CCN(C)C)n4)c4ccccc43)cn12. The monoisotopic (exact) mass is 695 g/mol. The summed E-state index contributed by atoms with van der Waals surface area (Å²) in [5, 5.41) is 28.4. The Morgan fingerprint density at radius 3 is 2.49 bits per heavy atom. The molecule has 0 bridgehead atoms. The van der Waals surface area contributed by atoms with Crippen LogP contribution in [0.4, 0.5) is 16.6 Å². The summed E-state index contributed by atoms with van der Waals surface area (Å²) < 4.78 is 10.6. The maximum atomic E-state index is 13.6. The number of amidine groups is 1. The van der Waals surface area contributed by atoms with Crippen LogP contribution in [0.3, 0.4) is 0 Å². The largest absolute Gasteiger partial charge is 0.484 e. The number of hydrogen-bond acceptors (Lipinski definition) is 9. The third-order valence-electron chi connectivity index (χ3n) is 9.96. The van der Waals surface area contributed by atoms with E-state index in [4.69, 9.17) is 10.1 Å². The summed E-state index contributed by atoms with van der Waals surface area (Å²) in [4.78, 5) is 22.7. The molecule has 0 spiro atoms. The minimum Gasteiger partial charge on any atom is -0.484 e. The number of aromatic nitrogens is 5. The fraction of sp³-hybridized carbons (Fsp3) is 0.526. The Balaban J connectivity index is 1.17. The highest BCUT2D eigenvalue weighted by atomic mass is 16.5. The lowest BCUT2D eigenvalue weighted by molar-refractivity contribution is 0.171. The molecule has 51 heavy (non-hydrogen) atoms. The number of benzene rings is 1. The molecule has 13 nitrogen and oxygen atoms in total. The van der Waals surface area contributed by atoms with Crippen LogP contribution in [-0.2, 0) is 6.54 Å². The van der Waals surface area contributed by atoms with Crippen molar-refractivity contribution in [2.75, 3.05) is 25.5 Å². The van der Waals surface area contributed by atoms with Crippen molar-refractivity contribution in [1.29, 1.82) is 5.41 Å². The molecule has 1 aliphatic heterocycles. The fourth-order valence-corrected chi connectivity index (χ4v) is 6.95. The van der Waals surface area contributed by atoms with Gasteiger partial charge in [-0.1, -0.05) is 45.0 Å². The van der Waals surface area contributed by atoms with Gasteiger partial charge in [-0.15, -0.1) is 10.2 Å². The zero-order valence-electron chi connectivity index (χ0n) is 31.1. The van der Waals surface area contributed by atoms with Gasteiger partial charge in [0.15, 0.2) is 11.5 Å². The molecule has 6 rings (SSSR count). The predicted molar refractivity (Wildman–Crippen MR) is 201 cm³/mol. The number of pyridine rings is 1. The van der Waals surface area contributed by atoms with Crippen molar-refractivity contribution in [1.82, 2.24) is 39.9 Å². The molecular formula is C38H53N11O2. The number of piperidine rings is 1. The first-order chi connectivity index (χ1) is 24.4. The van der Waals surface area contributed by atoms with E-state index >= 15 is 0 Å². The van der Waals surface area contributed by atoms with Gasteiger partial charge in [0.05, 0.1) is 18.8 Å². The molecule has 13 heteroatoms. The van der Waals surface area contributed by atoms with Crippen molar-refractivity contribution in [2.45, 2.75) is 104 Å². The molecule has 4 aromatic rings. The fourth-order valence-electron chi connectivity index (χ4n) is 6.95. The Bertz CT molecular complexity index is 1860. The zero-order valence-corrected chi connectivity index (χ0v) is 31.1. The van der Waals surface area contributed by atoms with Crippen molar-refractivity contribution in [3.05, 3.63) is 66.0 Å². The Kier molecular flexibility index (Phi) is 10.8. The van der Waals surface area contributed by atoms with Gasteiger partial charge in [-0.05, 0) is 88.7 Å². The molecule has 1 aliphatic carbocycles. The average molecular weight is 696 g/mol. The summed E-state index contributed by atoms with van der Waals surface area (Å²) in [6.45, 7) is 12.0. The maximum absolute atomic E-state index is 13.6. The van der Waals surface area contributed by atoms with Gasteiger partial charge in [0.2, 0.25) is 5.95 Å². The first kappa shape index (κ1) is 36.0. The van der Waals surface area contributed by atoms with E-state index in [1.54, 1.807) is 0 Å². The van der Waals surface area contributed by atoms with Crippen LogP contribution in [0.5, 0.6) is 5.75 Å². The van der Waals surface area contributed by atoms with Gasteiger partial charge >= 0.3 is 6.03 Å². The van der Waals surface area contributed by atoms with Gasteiger partial charge < -0.3 is 25.3 Å². The predicted octanol–water partition coefficient (Wildman–Crippen LogP) is 6.70. The summed E-state index contributed by atoms with van der Waals surface area (Å²) in [6.07, 6.45) is 8.81. The van der Waals surface area contributed by atoms with Crippen LogP contribution in [0.1, 0.15) is 96.4 Å². The number of amides is 2. The van der Waals surface area contributed by atoms with E-state index in [-0.39, 0.29) is 30.0 Å². The highest BCUT2D eigenvalue weighted by Gasteiger charge is 2.31. The lowest BCUT2D eigenvalue weighted by Crippen LogP contribution is -2.44. The number of fused-ring (bicyclic) bond motifs is 2. The maximum Gasteiger partial charge on any atom is 0.320 e. The number of aliphatic imine (C=N–C) groups is 1. The van der Waals surface area contributed by atoms with Gasteiger partial charge in [-0.3, -0.25) is 14.4 Å². The van der Waals surface area contributed by atoms with Crippen molar-refractivity contribution < 1.29 is 9.53 Å². The van der Waals surface area contributed by atoms with Crippen LogP contribution in [0.15, 0.2) is 59.9 Å². The molecule has 1 fully saturated rings.